The Hall–Kier alpha value is -2.61. The van der Waals surface area contributed by atoms with Gasteiger partial charge in [0.1, 0.15) is 18.2 Å². The molecular formula is C18H26N2O6. The lowest BCUT2D eigenvalue weighted by Gasteiger charge is -2.25. The number of ether oxygens (including phenoxy) is 2. The van der Waals surface area contributed by atoms with Crippen LogP contribution in [0.15, 0.2) is 30.3 Å². The van der Waals surface area contributed by atoms with Gasteiger partial charge in [-0.1, -0.05) is 30.3 Å². The molecule has 0 aliphatic rings. The van der Waals surface area contributed by atoms with Crippen LogP contribution in [0.1, 0.15) is 32.8 Å². The summed E-state index contributed by atoms with van der Waals surface area (Å²) in [4.78, 5) is 41.1. The van der Waals surface area contributed by atoms with Crippen LogP contribution in [0.5, 0.6) is 0 Å². The van der Waals surface area contributed by atoms with Crippen molar-refractivity contribution < 1.29 is 28.7 Å². The third kappa shape index (κ3) is 7.98. The molecule has 0 bridgehead atoms. The Morgan fingerprint density at radius 2 is 1.77 bits per heavy atom. The number of carbonyl (C=O) groups excluding carboxylic acids is 3. The van der Waals surface area contributed by atoms with Gasteiger partial charge in [0.15, 0.2) is 0 Å². The summed E-state index contributed by atoms with van der Waals surface area (Å²) in [7, 11) is 2.73. The lowest BCUT2D eigenvalue weighted by molar-refractivity contribution is -0.172. The molecule has 1 N–H and O–H groups in total. The van der Waals surface area contributed by atoms with E-state index in [0.29, 0.717) is 0 Å². The number of esters is 1. The molecule has 0 spiro atoms. The largest absolute Gasteiger partial charge is 0.458 e. The van der Waals surface area contributed by atoms with E-state index in [2.05, 4.69) is 5.32 Å². The lowest BCUT2D eigenvalue weighted by Crippen LogP contribution is -2.47. The van der Waals surface area contributed by atoms with E-state index in [0.717, 1.165) is 10.6 Å². The summed E-state index contributed by atoms with van der Waals surface area (Å²) in [5.41, 5.74) is 0.0351. The van der Waals surface area contributed by atoms with Gasteiger partial charge in [0.25, 0.3) is 0 Å². The first kappa shape index (κ1) is 21.4. The molecule has 0 aromatic heterocycles. The standard InChI is InChI=1S/C18H26N2O6/c1-18(2,3)26-16(22)14(11-15(21)20(4)24-5)19-17(23)25-12-13-9-7-6-8-10-13/h6-10,14H,11-12H2,1-5H3,(H,19,23)/t14-/m0/s1. The van der Waals surface area contributed by atoms with Crippen LogP contribution in [0.2, 0.25) is 0 Å². The summed E-state index contributed by atoms with van der Waals surface area (Å²) in [6.45, 7) is 5.12. The van der Waals surface area contributed by atoms with Crippen LogP contribution >= 0.6 is 0 Å². The quantitative estimate of drug-likeness (QED) is 0.586. The molecule has 0 radical (unpaired) electrons. The summed E-state index contributed by atoms with van der Waals surface area (Å²) in [6.07, 6.45) is -1.14. The molecule has 26 heavy (non-hydrogen) atoms. The van der Waals surface area contributed by atoms with Gasteiger partial charge in [-0.05, 0) is 26.3 Å². The highest BCUT2D eigenvalue weighted by Gasteiger charge is 2.30. The zero-order valence-electron chi connectivity index (χ0n) is 15.8. The number of hydrogen-bond donors (Lipinski definition) is 1. The van der Waals surface area contributed by atoms with Crippen LogP contribution in [0.3, 0.4) is 0 Å². The molecule has 0 saturated carbocycles. The summed E-state index contributed by atoms with van der Waals surface area (Å²) < 4.78 is 10.4. The molecule has 1 aromatic rings. The number of nitrogens with zero attached hydrogens (tertiary/aromatic N) is 1. The predicted octanol–water partition coefficient (Wildman–Crippen LogP) is 2.03. The van der Waals surface area contributed by atoms with Crippen molar-refractivity contribution >= 4 is 18.0 Å². The predicted molar refractivity (Wildman–Crippen MR) is 93.8 cm³/mol. The van der Waals surface area contributed by atoms with Crippen LogP contribution in [-0.2, 0) is 30.5 Å². The minimum Gasteiger partial charge on any atom is -0.458 e. The highest BCUT2D eigenvalue weighted by molar-refractivity contribution is 5.87. The maximum atomic E-state index is 12.3. The Bertz CT molecular complexity index is 612. The van der Waals surface area contributed by atoms with Crippen molar-refractivity contribution in [3.05, 3.63) is 35.9 Å². The van der Waals surface area contributed by atoms with E-state index in [1.165, 1.54) is 14.2 Å². The van der Waals surface area contributed by atoms with Gasteiger partial charge in [0.2, 0.25) is 5.91 Å². The summed E-state index contributed by atoms with van der Waals surface area (Å²) in [5.74, 6) is -1.22. The van der Waals surface area contributed by atoms with Gasteiger partial charge in [0.05, 0.1) is 13.5 Å². The molecule has 8 nitrogen and oxygen atoms in total. The second-order valence-corrected chi connectivity index (χ2v) is 6.57. The number of hydrogen-bond acceptors (Lipinski definition) is 6. The molecule has 144 valence electrons. The van der Waals surface area contributed by atoms with Gasteiger partial charge in [-0.2, -0.15) is 0 Å². The molecule has 2 amide bonds. The van der Waals surface area contributed by atoms with Crippen molar-refractivity contribution in [3.8, 4) is 0 Å². The average Bonchev–Trinajstić information content (AvgIpc) is 2.58. The smallest absolute Gasteiger partial charge is 0.408 e. The van der Waals surface area contributed by atoms with Crippen molar-refractivity contribution in [2.24, 2.45) is 0 Å². The molecule has 1 aromatic carbocycles. The van der Waals surface area contributed by atoms with Crippen molar-refractivity contribution in [3.63, 3.8) is 0 Å². The molecule has 1 rings (SSSR count). The number of carbonyl (C=O) groups is 3. The topological polar surface area (TPSA) is 94.2 Å². The van der Waals surface area contributed by atoms with Gasteiger partial charge >= 0.3 is 12.1 Å². The van der Waals surface area contributed by atoms with Crippen LogP contribution in [0.25, 0.3) is 0 Å². The first-order valence-corrected chi connectivity index (χ1v) is 8.13. The van der Waals surface area contributed by atoms with Crippen molar-refractivity contribution in [1.82, 2.24) is 10.4 Å². The van der Waals surface area contributed by atoms with Gasteiger partial charge in [-0.25, -0.2) is 14.7 Å². The fourth-order valence-electron chi connectivity index (χ4n) is 1.88. The van der Waals surface area contributed by atoms with Gasteiger partial charge in [-0.15, -0.1) is 0 Å². The van der Waals surface area contributed by atoms with E-state index >= 15 is 0 Å². The Labute approximate surface area is 153 Å². The van der Waals surface area contributed by atoms with Crippen LogP contribution in [0, 0.1) is 0 Å². The minimum absolute atomic E-state index is 0.0413. The molecule has 1 atom stereocenters. The minimum atomic E-state index is -1.19. The Morgan fingerprint density at radius 1 is 1.15 bits per heavy atom. The van der Waals surface area contributed by atoms with Crippen LogP contribution < -0.4 is 5.32 Å². The molecule has 8 heteroatoms. The van der Waals surface area contributed by atoms with Crippen molar-refractivity contribution in [2.45, 2.75) is 45.4 Å². The number of amides is 2. The molecule has 0 aliphatic carbocycles. The highest BCUT2D eigenvalue weighted by Crippen LogP contribution is 2.11. The molecule has 0 aliphatic heterocycles. The third-order valence-corrected chi connectivity index (χ3v) is 3.20. The van der Waals surface area contributed by atoms with Crippen molar-refractivity contribution in [2.75, 3.05) is 14.2 Å². The summed E-state index contributed by atoms with van der Waals surface area (Å²) >= 11 is 0. The first-order valence-electron chi connectivity index (χ1n) is 8.13. The zero-order valence-corrected chi connectivity index (χ0v) is 15.8. The van der Waals surface area contributed by atoms with Gasteiger partial charge < -0.3 is 14.8 Å². The lowest BCUT2D eigenvalue weighted by atomic mass is 10.1. The van der Waals surface area contributed by atoms with E-state index in [9.17, 15) is 14.4 Å². The Balaban J connectivity index is 2.71. The maximum absolute atomic E-state index is 12.3. The van der Waals surface area contributed by atoms with Crippen LogP contribution in [-0.4, -0.2) is 48.8 Å². The Morgan fingerprint density at radius 3 is 2.31 bits per heavy atom. The van der Waals surface area contributed by atoms with Gasteiger partial charge in [-0.3, -0.25) is 9.63 Å². The number of nitrogens with one attached hydrogen (secondary N) is 1. The van der Waals surface area contributed by atoms with E-state index in [1.807, 2.05) is 18.2 Å². The molecule has 0 heterocycles. The first-order chi connectivity index (χ1) is 12.1. The second-order valence-electron chi connectivity index (χ2n) is 6.57. The summed E-state index contributed by atoms with van der Waals surface area (Å²) in [5, 5.41) is 3.35. The Kier molecular flexibility index (Phi) is 8.05. The average molecular weight is 366 g/mol. The van der Waals surface area contributed by atoms with Crippen molar-refractivity contribution in [1.29, 1.82) is 0 Å². The number of rotatable bonds is 7. The number of benzene rings is 1. The zero-order chi connectivity index (χ0) is 19.7. The van der Waals surface area contributed by atoms with E-state index in [-0.39, 0.29) is 13.0 Å². The second kappa shape index (κ2) is 9.76. The fourth-order valence-corrected chi connectivity index (χ4v) is 1.88. The molecule has 0 saturated heterocycles. The van der Waals surface area contributed by atoms with Crippen LogP contribution in [0.4, 0.5) is 4.79 Å². The third-order valence-electron chi connectivity index (χ3n) is 3.20. The maximum Gasteiger partial charge on any atom is 0.408 e. The normalized spacial score (nSPS) is 12.0. The summed E-state index contributed by atoms with van der Waals surface area (Å²) in [6, 6.07) is 7.90. The highest BCUT2D eigenvalue weighted by atomic mass is 16.7. The fraction of sp³-hybridized carbons (Fsp3) is 0.500. The monoisotopic (exact) mass is 366 g/mol. The van der Waals surface area contributed by atoms with Gasteiger partial charge in [0, 0.05) is 7.05 Å². The van der Waals surface area contributed by atoms with E-state index in [1.54, 1.807) is 32.9 Å². The van der Waals surface area contributed by atoms with E-state index < -0.39 is 29.6 Å². The molecule has 0 unspecified atom stereocenters. The molecule has 0 fully saturated rings. The molecular weight excluding hydrogens is 340 g/mol. The van der Waals surface area contributed by atoms with E-state index in [4.69, 9.17) is 14.3 Å². The SMILES string of the molecule is CON(C)C(=O)C[C@H](NC(=O)OCc1ccccc1)C(=O)OC(C)(C)C. The number of alkyl carbamates (subject to hydrolysis) is 1. The number of hydroxylamine groups is 2.